The van der Waals surface area contributed by atoms with Gasteiger partial charge in [0.1, 0.15) is 5.82 Å². The first-order chi connectivity index (χ1) is 24.1. The molecule has 0 N–H and O–H groups in total. The predicted molar refractivity (Wildman–Crippen MR) is 201 cm³/mol. The minimum atomic E-state index is -0.401. The van der Waals surface area contributed by atoms with Crippen LogP contribution in [0.3, 0.4) is 0 Å². The molecule has 0 fully saturated rings. The van der Waals surface area contributed by atoms with Gasteiger partial charge >= 0.3 is 0 Å². The number of benzene rings is 6. The van der Waals surface area contributed by atoms with Crippen molar-refractivity contribution in [2.45, 2.75) is 29.1 Å². The molecule has 232 valence electrons. The molecule has 2 aliphatic rings. The van der Waals surface area contributed by atoms with E-state index in [1.807, 2.05) is 24.9 Å². The number of rotatable bonds is 3. The molecule has 3 heterocycles. The molecule has 6 aromatic carbocycles. The highest BCUT2D eigenvalue weighted by Crippen LogP contribution is 2.63. The number of fused-ring (bicyclic) bond motifs is 10. The summed E-state index contributed by atoms with van der Waals surface area (Å²) in [6.07, 6.45) is 3.95. The van der Waals surface area contributed by atoms with Crippen LogP contribution in [0.1, 0.15) is 33.6 Å². The van der Waals surface area contributed by atoms with E-state index in [0.717, 1.165) is 28.5 Å². The van der Waals surface area contributed by atoms with E-state index in [0.29, 0.717) is 0 Å². The van der Waals surface area contributed by atoms with Crippen LogP contribution in [0.15, 0.2) is 162 Å². The van der Waals surface area contributed by atoms with Gasteiger partial charge in [-0.2, -0.15) is 0 Å². The van der Waals surface area contributed by atoms with Crippen molar-refractivity contribution in [3.8, 4) is 39.3 Å². The number of nitrogens with zero attached hydrogens (tertiary/aromatic N) is 3. The topological polar surface area (TPSA) is 30.7 Å². The molecular formula is C45H31N3S. The SMILES string of the molecule is Cc1ccc(-c2nccn2-c2cccc3c(-c4cccc5c4Sc4ccccc4C54c5ccccc5-c5ccccc54)cccc23)c(C)n1. The second-order valence-electron chi connectivity index (χ2n) is 13.0. The molecular weight excluding hydrogens is 615 g/mol. The Hall–Kier alpha value is -5.71. The average molecular weight is 646 g/mol. The van der Waals surface area contributed by atoms with E-state index in [-0.39, 0.29) is 0 Å². The molecule has 0 unspecified atom stereocenters. The van der Waals surface area contributed by atoms with Crippen LogP contribution in [-0.4, -0.2) is 14.5 Å². The Bertz CT molecular complexity index is 2580. The smallest absolute Gasteiger partial charge is 0.146 e. The number of aromatic nitrogens is 3. The van der Waals surface area contributed by atoms with Gasteiger partial charge in [0.2, 0.25) is 0 Å². The van der Waals surface area contributed by atoms with Crippen LogP contribution in [0, 0.1) is 13.8 Å². The first kappa shape index (κ1) is 28.3. The Labute approximate surface area is 290 Å². The molecule has 49 heavy (non-hydrogen) atoms. The highest BCUT2D eigenvalue weighted by molar-refractivity contribution is 7.99. The van der Waals surface area contributed by atoms with Gasteiger partial charge in [-0.15, -0.1) is 0 Å². The van der Waals surface area contributed by atoms with Gasteiger partial charge in [-0.25, -0.2) is 4.98 Å². The molecule has 2 aromatic heterocycles. The molecule has 0 bridgehead atoms. The Morgan fingerprint density at radius 2 is 1.16 bits per heavy atom. The normalized spacial score (nSPS) is 13.6. The third kappa shape index (κ3) is 3.92. The van der Waals surface area contributed by atoms with Crippen molar-refractivity contribution in [3.05, 3.63) is 186 Å². The van der Waals surface area contributed by atoms with Crippen LogP contribution in [0.25, 0.3) is 50.1 Å². The van der Waals surface area contributed by atoms with E-state index in [4.69, 9.17) is 9.97 Å². The molecule has 0 amide bonds. The number of aryl methyl sites for hydroxylation is 2. The second-order valence-corrected chi connectivity index (χ2v) is 14.1. The Balaban J connectivity index is 1.22. The lowest BCUT2D eigenvalue weighted by Crippen LogP contribution is -2.32. The fourth-order valence-corrected chi connectivity index (χ4v) is 9.77. The summed E-state index contributed by atoms with van der Waals surface area (Å²) in [7, 11) is 0. The van der Waals surface area contributed by atoms with E-state index in [1.165, 1.54) is 65.1 Å². The molecule has 8 aromatic rings. The summed E-state index contributed by atoms with van der Waals surface area (Å²) in [5.41, 5.74) is 14.3. The summed E-state index contributed by atoms with van der Waals surface area (Å²) in [6, 6.07) is 51.5. The molecule has 0 saturated heterocycles. The zero-order valence-electron chi connectivity index (χ0n) is 27.2. The summed E-state index contributed by atoms with van der Waals surface area (Å²) in [4.78, 5) is 12.2. The summed E-state index contributed by atoms with van der Waals surface area (Å²) >= 11 is 1.90. The third-order valence-electron chi connectivity index (χ3n) is 10.4. The maximum absolute atomic E-state index is 4.82. The summed E-state index contributed by atoms with van der Waals surface area (Å²) in [5.74, 6) is 0.896. The lowest BCUT2D eigenvalue weighted by Gasteiger charge is -2.40. The highest BCUT2D eigenvalue weighted by atomic mass is 32.2. The van der Waals surface area contributed by atoms with Crippen molar-refractivity contribution in [2.24, 2.45) is 0 Å². The molecule has 0 atom stereocenters. The summed E-state index contributed by atoms with van der Waals surface area (Å²) < 4.78 is 2.21. The van der Waals surface area contributed by atoms with E-state index in [1.54, 1.807) is 0 Å². The molecule has 0 saturated carbocycles. The van der Waals surface area contributed by atoms with Gasteiger partial charge < -0.3 is 0 Å². The predicted octanol–water partition coefficient (Wildman–Crippen LogP) is 11.2. The van der Waals surface area contributed by atoms with Crippen molar-refractivity contribution >= 4 is 22.5 Å². The fraction of sp³-hybridized carbons (Fsp3) is 0.0667. The zero-order chi connectivity index (χ0) is 32.7. The molecule has 3 nitrogen and oxygen atoms in total. The van der Waals surface area contributed by atoms with Crippen molar-refractivity contribution in [2.75, 3.05) is 0 Å². The number of pyridine rings is 1. The second kappa shape index (κ2) is 10.6. The Kier molecular flexibility index (Phi) is 6.15. The minimum Gasteiger partial charge on any atom is -0.299 e. The van der Waals surface area contributed by atoms with Crippen LogP contribution in [0.5, 0.6) is 0 Å². The van der Waals surface area contributed by atoms with Gasteiger partial charge in [0.05, 0.1) is 11.1 Å². The summed E-state index contributed by atoms with van der Waals surface area (Å²) in [6.45, 7) is 4.09. The van der Waals surface area contributed by atoms with Gasteiger partial charge in [0, 0.05) is 44.5 Å². The Morgan fingerprint density at radius 3 is 1.96 bits per heavy atom. The number of hydrogen-bond acceptors (Lipinski definition) is 3. The minimum absolute atomic E-state index is 0.401. The van der Waals surface area contributed by atoms with Crippen LogP contribution < -0.4 is 0 Å². The molecule has 0 radical (unpaired) electrons. The quantitative estimate of drug-likeness (QED) is 0.192. The highest BCUT2D eigenvalue weighted by Gasteiger charge is 2.50. The van der Waals surface area contributed by atoms with E-state index < -0.39 is 5.41 Å². The third-order valence-corrected chi connectivity index (χ3v) is 11.6. The van der Waals surface area contributed by atoms with Crippen LogP contribution in [0.4, 0.5) is 0 Å². The first-order valence-corrected chi connectivity index (χ1v) is 17.6. The number of hydrogen-bond donors (Lipinski definition) is 0. The average Bonchev–Trinajstić information content (AvgIpc) is 3.73. The molecule has 10 rings (SSSR count). The van der Waals surface area contributed by atoms with Gasteiger partial charge in [0.15, 0.2) is 0 Å². The first-order valence-electron chi connectivity index (χ1n) is 16.8. The van der Waals surface area contributed by atoms with Gasteiger partial charge in [-0.3, -0.25) is 9.55 Å². The van der Waals surface area contributed by atoms with Crippen LogP contribution in [0.2, 0.25) is 0 Å². The van der Waals surface area contributed by atoms with Crippen molar-refractivity contribution in [3.63, 3.8) is 0 Å². The molecule has 1 aliphatic carbocycles. The maximum Gasteiger partial charge on any atom is 0.146 e. The van der Waals surface area contributed by atoms with Crippen molar-refractivity contribution < 1.29 is 0 Å². The van der Waals surface area contributed by atoms with Crippen LogP contribution in [-0.2, 0) is 5.41 Å². The van der Waals surface area contributed by atoms with E-state index >= 15 is 0 Å². The van der Waals surface area contributed by atoms with E-state index in [9.17, 15) is 0 Å². The number of imidazole rings is 1. The lowest BCUT2D eigenvalue weighted by atomic mass is 9.67. The molecule has 4 heteroatoms. The molecule has 1 aliphatic heterocycles. The fourth-order valence-electron chi connectivity index (χ4n) is 8.45. The Morgan fingerprint density at radius 1 is 0.531 bits per heavy atom. The zero-order valence-corrected chi connectivity index (χ0v) is 28.0. The van der Waals surface area contributed by atoms with Crippen LogP contribution >= 0.6 is 11.8 Å². The standard InChI is InChI=1S/C45H31N3S/c1-28-24-25-30(29(2)47-28)44-46-26-27-48(44)41-22-11-15-31-32(14-9-16-35(31)41)36-17-10-21-40-43(36)49-42-23-8-7-20-39(42)45(40)37-18-5-3-12-33(37)34-13-4-6-19-38(34)45/h3-27H,1-2H3. The van der Waals surface area contributed by atoms with Gasteiger partial charge in [0.25, 0.3) is 0 Å². The lowest BCUT2D eigenvalue weighted by molar-refractivity contribution is 0.723. The molecule has 1 spiro atoms. The maximum atomic E-state index is 4.82. The summed E-state index contributed by atoms with van der Waals surface area (Å²) in [5, 5.41) is 2.40. The largest absolute Gasteiger partial charge is 0.299 e. The van der Waals surface area contributed by atoms with E-state index in [2.05, 4.69) is 157 Å². The van der Waals surface area contributed by atoms with Crippen molar-refractivity contribution in [1.82, 2.24) is 14.5 Å². The van der Waals surface area contributed by atoms with Gasteiger partial charge in [-0.05, 0) is 88.0 Å². The monoisotopic (exact) mass is 645 g/mol. The van der Waals surface area contributed by atoms with Crippen molar-refractivity contribution in [1.29, 1.82) is 0 Å². The van der Waals surface area contributed by atoms with Gasteiger partial charge in [-0.1, -0.05) is 127 Å².